The number of benzene rings is 1. The van der Waals surface area contributed by atoms with Crippen molar-refractivity contribution in [2.24, 2.45) is 0 Å². The van der Waals surface area contributed by atoms with E-state index in [0.717, 1.165) is 12.1 Å². The van der Waals surface area contributed by atoms with Crippen molar-refractivity contribution < 1.29 is 22.7 Å². The summed E-state index contributed by atoms with van der Waals surface area (Å²) in [5.41, 5.74) is -0.992. The Morgan fingerprint density at radius 2 is 1.94 bits per heavy atom. The van der Waals surface area contributed by atoms with Crippen molar-refractivity contribution >= 4 is 0 Å². The van der Waals surface area contributed by atoms with Crippen LogP contribution in [-0.4, -0.2) is 18.8 Å². The van der Waals surface area contributed by atoms with Crippen LogP contribution in [0.25, 0.3) is 0 Å². The number of hydrogen-bond acceptors (Lipinski definition) is 2. The average molecular weight is 237 g/mol. The van der Waals surface area contributed by atoms with E-state index in [9.17, 15) is 17.6 Å². The number of aliphatic hydroxyl groups is 1. The third-order valence-electron chi connectivity index (χ3n) is 2.18. The Labute approximate surface area is 89.9 Å². The second kappa shape index (κ2) is 4.80. The van der Waals surface area contributed by atoms with Gasteiger partial charge in [-0.05, 0) is 30.8 Å². The predicted octanol–water partition coefficient (Wildman–Crippen LogP) is 2.10. The van der Waals surface area contributed by atoms with Crippen LogP contribution in [0.4, 0.5) is 17.6 Å². The fourth-order valence-electron chi connectivity index (χ4n) is 1.34. The third kappa shape index (κ3) is 2.93. The van der Waals surface area contributed by atoms with Gasteiger partial charge in [-0.1, -0.05) is 0 Å². The number of hydrogen-bond donors (Lipinski definition) is 2. The summed E-state index contributed by atoms with van der Waals surface area (Å²) in [6.07, 6.45) is -4.59. The Kier molecular flexibility index (Phi) is 3.88. The molecule has 16 heavy (non-hydrogen) atoms. The van der Waals surface area contributed by atoms with Gasteiger partial charge in [0.15, 0.2) is 0 Å². The zero-order chi connectivity index (χ0) is 12.3. The summed E-state index contributed by atoms with van der Waals surface area (Å²) in [5, 5.41) is 11.5. The van der Waals surface area contributed by atoms with Crippen molar-refractivity contribution in [3.8, 4) is 0 Å². The van der Waals surface area contributed by atoms with Crippen LogP contribution in [0, 0.1) is 5.82 Å². The fraction of sp³-hybridized carbons (Fsp3) is 0.400. The molecule has 0 amide bonds. The summed E-state index contributed by atoms with van der Waals surface area (Å²) in [5.74, 6) is -0.974. The maximum atomic E-state index is 13.0. The number of rotatable bonds is 3. The highest BCUT2D eigenvalue weighted by molar-refractivity contribution is 5.29. The van der Waals surface area contributed by atoms with Gasteiger partial charge in [-0.15, -0.1) is 0 Å². The molecule has 1 unspecified atom stereocenters. The highest BCUT2D eigenvalue weighted by Crippen LogP contribution is 2.31. The Hall–Kier alpha value is -1.14. The van der Waals surface area contributed by atoms with Crippen LogP contribution in [0.2, 0.25) is 0 Å². The largest absolute Gasteiger partial charge is 0.416 e. The van der Waals surface area contributed by atoms with Crippen molar-refractivity contribution in [2.75, 3.05) is 13.7 Å². The lowest BCUT2D eigenvalue weighted by Crippen LogP contribution is -2.21. The molecule has 1 rings (SSSR count). The molecule has 1 aromatic carbocycles. The van der Waals surface area contributed by atoms with E-state index in [1.54, 1.807) is 0 Å². The van der Waals surface area contributed by atoms with Gasteiger partial charge < -0.3 is 10.4 Å². The maximum Gasteiger partial charge on any atom is 0.416 e. The first kappa shape index (κ1) is 12.9. The summed E-state index contributed by atoms with van der Waals surface area (Å²) in [6, 6.07) is 1.50. The molecule has 0 spiro atoms. The first-order valence-electron chi connectivity index (χ1n) is 4.54. The minimum absolute atomic E-state index is 0.0670. The first-order valence-corrected chi connectivity index (χ1v) is 4.54. The van der Waals surface area contributed by atoms with E-state index in [1.807, 2.05) is 0 Å². The molecule has 2 N–H and O–H groups in total. The van der Waals surface area contributed by atoms with E-state index in [0.29, 0.717) is 6.07 Å². The molecule has 0 aliphatic carbocycles. The minimum atomic E-state index is -4.59. The molecule has 0 aliphatic rings. The molecular weight excluding hydrogens is 226 g/mol. The predicted molar refractivity (Wildman–Crippen MR) is 50.3 cm³/mol. The lowest BCUT2D eigenvalue weighted by Gasteiger charge is -2.16. The molecule has 90 valence electrons. The maximum absolute atomic E-state index is 13.0. The van der Waals surface area contributed by atoms with E-state index >= 15 is 0 Å². The van der Waals surface area contributed by atoms with E-state index in [4.69, 9.17) is 5.11 Å². The van der Waals surface area contributed by atoms with Crippen LogP contribution < -0.4 is 5.32 Å². The molecule has 2 nitrogen and oxygen atoms in total. The molecule has 0 bridgehead atoms. The monoisotopic (exact) mass is 237 g/mol. The highest BCUT2D eigenvalue weighted by Gasteiger charge is 2.31. The van der Waals surface area contributed by atoms with Gasteiger partial charge in [0, 0.05) is 0 Å². The Balaban J connectivity index is 3.17. The Morgan fingerprint density at radius 1 is 1.31 bits per heavy atom. The Morgan fingerprint density at radius 3 is 2.38 bits per heavy atom. The van der Waals surface area contributed by atoms with Gasteiger partial charge in [0.1, 0.15) is 5.82 Å². The molecule has 0 aromatic heterocycles. The molecule has 1 atom stereocenters. The third-order valence-corrected chi connectivity index (χ3v) is 2.18. The van der Waals surface area contributed by atoms with Gasteiger partial charge >= 0.3 is 6.18 Å². The van der Waals surface area contributed by atoms with Gasteiger partial charge in [0.05, 0.1) is 18.2 Å². The first-order chi connectivity index (χ1) is 7.38. The number of halogens is 4. The van der Waals surface area contributed by atoms with Crippen molar-refractivity contribution in [3.63, 3.8) is 0 Å². The van der Waals surface area contributed by atoms with E-state index < -0.39 is 30.2 Å². The number of alkyl halides is 3. The second-order valence-electron chi connectivity index (χ2n) is 3.29. The number of nitrogens with one attached hydrogen (secondary N) is 1. The summed E-state index contributed by atoms with van der Waals surface area (Å²) in [7, 11) is 1.47. The number of likely N-dealkylation sites (N-methyl/N-ethyl adjacent to an activating group) is 1. The minimum Gasteiger partial charge on any atom is -0.394 e. The van der Waals surface area contributed by atoms with Crippen LogP contribution in [0.15, 0.2) is 18.2 Å². The molecule has 1 aromatic rings. The van der Waals surface area contributed by atoms with Crippen molar-refractivity contribution in [3.05, 3.63) is 35.1 Å². The van der Waals surface area contributed by atoms with Gasteiger partial charge in [-0.3, -0.25) is 0 Å². The molecule has 0 heterocycles. The lowest BCUT2D eigenvalue weighted by molar-refractivity contribution is -0.137. The Bertz CT molecular complexity index is 360. The molecule has 0 aliphatic heterocycles. The molecule has 0 radical (unpaired) electrons. The fourth-order valence-corrected chi connectivity index (χ4v) is 1.34. The highest BCUT2D eigenvalue weighted by atomic mass is 19.4. The topological polar surface area (TPSA) is 32.3 Å². The average Bonchev–Trinajstić information content (AvgIpc) is 2.17. The lowest BCUT2D eigenvalue weighted by atomic mass is 10.0. The molecule has 0 saturated heterocycles. The summed E-state index contributed by atoms with van der Waals surface area (Å²) in [4.78, 5) is 0. The summed E-state index contributed by atoms with van der Waals surface area (Å²) < 4.78 is 50.1. The van der Waals surface area contributed by atoms with Crippen LogP contribution >= 0.6 is 0 Å². The van der Waals surface area contributed by atoms with E-state index in [-0.39, 0.29) is 5.56 Å². The smallest absolute Gasteiger partial charge is 0.394 e. The molecule has 0 saturated carbocycles. The zero-order valence-electron chi connectivity index (χ0n) is 8.48. The summed E-state index contributed by atoms with van der Waals surface area (Å²) in [6.45, 7) is -0.406. The van der Waals surface area contributed by atoms with Crippen LogP contribution in [0.3, 0.4) is 0 Å². The SMILES string of the molecule is CNC(CO)c1cc(F)cc(C(F)(F)F)c1. The van der Waals surface area contributed by atoms with Crippen LogP contribution in [-0.2, 0) is 6.18 Å². The van der Waals surface area contributed by atoms with Crippen LogP contribution in [0.5, 0.6) is 0 Å². The normalized spacial score (nSPS) is 13.9. The van der Waals surface area contributed by atoms with E-state index in [1.165, 1.54) is 7.05 Å². The van der Waals surface area contributed by atoms with Crippen molar-refractivity contribution in [1.82, 2.24) is 5.32 Å². The molecule has 6 heteroatoms. The van der Waals surface area contributed by atoms with Crippen molar-refractivity contribution in [1.29, 1.82) is 0 Å². The van der Waals surface area contributed by atoms with Gasteiger partial charge in [-0.2, -0.15) is 13.2 Å². The second-order valence-corrected chi connectivity index (χ2v) is 3.29. The zero-order valence-corrected chi connectivity index (χ0v) is 8.48. The molecular formula is C10H11F4NO. The van der Waals surface area contributed by atoms with Gasteiger partial charge in [0.25, 0.3) is 0 Å². The van der Waals surface area contributed by atoms with Crippen LogP contribution in [0.1, 0.15) is 17.2 Å². The van der Waals surface area contributed by atoms with E-state index in [2.05, 4.69) is 5.32 Å². The molecule has 0 fully saturated rings. The van der Waals surface area contributed by atoms with Crippen molar-refractivity contribution in [2.45, 2.75) is 12.2 Å². The quantitative estimate of drug-likeness (QED) is 0.789. The number of aliphatic hydroxyl groups excluding tert-OH is 1. The van der Waals surface area contributed by atoms with Gasteiger partial charge in [0.2, 0.25) is 0 Å². The van der Waals surface area contributed by atoms with Gasteiger partial charge in [-0.25, -0.2) is 4.39 Å². The summed E-state index contributed by atoms with van der Waals surface area (Å²) >= 11 is 0. The standard InChI is InChI=1S/C10H11F4NO/c1-15-9(5-16)6-2-7(10(12,13)14)4-8(11)3-6/h2-4,9,15-16H,5H2,1H3.